The summed E-state index contributed by atoms with van der Waals surface area (Å²) in [6.45, 7) is 0. The van der Waals surface area contributed by atoms with Crippen LogP contribution < -0.4 is 0 Å². The fourth-order valence-corrected chi connectivity index (χ4v) is 4.28. The highest BCUT2D eigenvalue weighted by Gasteiger charge is 2.29. The smallest absolute Gasteiger partial charge is 0.337 e. The molecule has 106 valence electrons. The summed E-state index contributed by atoms with van der Waals surface area (Å²) in [5, 5.41) is 17.1. The number of hydrogen-bond donors (Lipinski definition) is 1. The lowest BCUT2D eigenvalue weighted by atomic mass is 10.1. The van der Waals surface area contributed by atoms with E-state index in [0.717, 1.165) is 0 Å². The Morgan fingerprint density at radius 2 is 2.20 bits per heavy atom. The quantitative estimate of drug-likeness (QED) is 0.882. The molecule has 8 heteroatoms. The summed E-state index contributed by atoms with van der Waals surface area (Å²) >= 11 is 0. The van der Waals surface area contributed by atoms with Gasteiger partial charge in [-0.2, -0.15) is 0 Å². The first-order chi connectivity index (χ1) is 9.48. The van der Waals surface area contributed by atoms with Crippen molar-refractivity contribution < 1.29 is 18.3 Å². The molecule has 0 bridgehead atoms. The number of rotatable bonds is 2. The highest BCUT2D eigenvalue weighted by Crippen LogP contribution is 2.27. The van der Waals surface area contributed by atoms with Gasteiger partial charge in [0.25, 0.3) is 0 Å². The number of benzene rings is 1. The van der Waals surface area contributed by atoms with Crippen molar-refractivity contribution in [1.82, 2.24) is 15.0 Å². The molecule has 0 radical (unpaired) electrons. The van der Waals surface area contributed by atoms with Crippen molar-refractivity contribution in [3.05, 3.63) is 23.8 Å². The van der Waals surface area contributed by atoms with E-state index in [9.17, 15) is 18.3 Å². The lowest BCUT2D eigenvalue weighted by Crippen LogP contribution is -2.28. The first-order valence-electron chi connectivity index (χ1n) is 6.25. The molecule has 0 aliphatic carbocycles. The lowest BCUT2D eigenvalue weighted by molar-refractivity contribution is 0.0698. The molecule has 0 saturated carbocycles. The van der Waals surface area contributed by atoms with Crippen molar-refractivity contribution in [2.45, 2.75) is 18.9 Å². The zero-order chi connectivity index (χ0) is 14.3. The fourth-order valence-electron chi connectivity index (χ4n) is 2.61. The van der Waals surface area contributed by atoms with Gasteiger partial charge in [-0.15, -0.1) is 5.10 Å². The third-order valence-electron chi connectivity index (χ3n) is 3.51. The van der Waals surface area contributed by atoms with Crippen LogP contribution in [0.3, 0.4) is 0 Å². The number of aromatic nitrogens is 3. The maximum atomic E-state index is 11.7. The summed E-state index contributed by atoms with van der Waals surface area (Å²) in [7, 11) is -3.10. The SMILES string of the molecule is O=C(O)c1cccc2nnn(C3CCCS(=O)(=O)C3)c12. The monoisotopic (exact) mass is 295 g/mol. The number of sulfone groups is 1. The maximum Gasteiger partial charge on any atom is 0.337 e. The van der Waals surface area contributed by atoms with Gasteiger partial charge in [0.15, 0.2) is 9.84 Å². The Balaban J connectivity index is 2.15. The molecule has 2 aromatic rings. The van der Waals surface area contributed by atoms with Crippen molar-refractivity contribution in [3.63, 3.8) is 0 Å². The van der Waals surface area contributed by atoms with Gasteiger partial charge >= 0.3 is 5.97 Å². The van der Waals surface area contributed by atoms with E-state index in [0.29, 0.717) is 23.9 Å². The minimum Gasteiger partial charge on any atom is -0.478 e. The number of fused-ring (bicyclic) bond motifs is 1. The van der Waals surface area contributed by atoms with Gasteiger partial charge in [0.2, 0.25) is 0 Å². The largest absolute Gasteiger partial charge is 0.478 e. The summed E-state index contributed by atoms with van der Waals surface area (Å²) in [4.78, 5) is 11.3. The summed E-state index contributed by atoms with van der Waals surface area (Å²) in [5.74, 6) is -0.903. The Hall–Kier alpha value is -1.96. The van der Waals surface area contributed by atoms with Crippen LogP contribution in [0.2, 0.25) is 0 Å². The number of carbonyl (C=O) groups is 1. The molecular formula is C12H13N3O4S. The second kappa shape index (κ2) is 4.55. The zero-order valence-corrected chi connectivity index (χ0v) is 11.4. The Morgan fingerprint density at radius 1 is 1.40 bits per heavy atom. The van der Waals surface area contributed by atoms with Crippen LogP contribution in [0.15, 0.2) is 18.2 Å². The van der Waals surface area contributed by atoms with Crippen LogP contribution in [0.4, 0.5) is 0 Å². The van der Waals surface area contributed by atoms with E-state index in [4.69, 9.17) is 0 Å². The molecule has 20 heavy (non-hydrogen) atoms. The van der Waals surface area contributed by atoms with E-state index >= 15 is 0 Å². The molecule has 1 aromatic heterocycles. The molecule has 1 aliphatic heterocycles. The van der Waals surface area contributed by atoms with Crippen LogP contribution in [-0.4, -0.2) is 46.0 Å². The third-order valence-corrected chi connectivity index (χ3v) is 5.31. The molecule has 2 heterocycles. The predicted octanol–water partition coefficient (Wildman–Crippen LogP) is 0.879. The van der Waals surface area contributed by atoms with Gasteiger partial charge < -0.3 is 5.11 Å². The molecule has 0 amide bonds. The highest BCUT2D eigenvalue weighted by molar-refractivity contribution is 7.91. The second-order valence-corrected chi connectivity index (χ2v) is 7.15. The summed E-state index contributed by atoms with van der Waals surface area (Å²) < 4.78 is 24.9. The minimum absolute atomic E-state index is 0.0145. The molecule has 1 N–H and O–H groups in total. The topological polar surface area (TPSA) is 102 Å². The summed E-state index contributed by atoms with van der Waals surface area (Å²) in [6.07, 6.45) is 1.22. The van der Waals surface area contributed by atoms with Gasteiger partial charge in [-0.25, -0.2) is 17.9 Å². The number of para-hydroxylation sites is 1. The second-order valence-electron chi connectivity index (χ2n) is 4.92. The molecule has 1 atom stereocenters. The maximum absolute atomic E-state index is 11.7. The Morgan fingerprint density at radius 3 is 2.90 bits per heavy atom. The van der Waals surface area contributed by atoms with Crippen molar-refractivity contribution >= 4 is 26.8 Å². The number of carboxylic acid groups (broad SMARTS) is 1. The normalized spacial score (nSPS) is 21.9. The molecule has 0 spiro atoms. The number of aromatic carboxylic acids is 1. The van der Waals surface area contributed by atoms with E-state index in [1.807, 2.05) is 0 Å². The minimum atomic E-state index is -3.10. The molecule has 7 nitrogen and oxygen atoms in total. The number of nitrogens with zero attached hydrogens (tertiary/aromatic N) is 3. The van der Waals surface area contributed by atoms with Gasteiger partial charge in [0, 0.05) is 0 Å². The summed E-state index contributed by atoms with van der Waals surface area (Å²) in [5.41, 5.74) is 0.949. The van der Waals surface area contributed by atoms with Gasteiger partial charge in [0.1, 0.15) is 11.0 Å². The van der Waals surface area contributed by atoms with Crippen molar-refractivity contribution in [1.29, 1.82) is 0 Å². The molecule has 1 unspecified atom stereocenters. The van der Waals surface area contributed by atoms with Gasteiger partial charge in [0.05, 0.1) is 23.1 Å². The lowest BCUT2D eigenvalue weighted by Gasteiger charge is -2.22. The zero-order valence-electron chi connectivity index (χ0n) is 10.6. The first kappa shape index (κ1) is 13.0. The molecule has 1 aliphatic rings. The van der Waals surface area contributed by atoms with E-state index in [-0.39, 0.29) is 23.1 Å². The average Bonchev–Trinajstić information content (AvgIpc) is 2.80. The van der Waals surface area contributed by atoms with E-state index in [1.54, 1.807) is 12.1 Å². The molecule has 1 fully saturated rings. The average molecular weight is 295 g/mol. The van der Waals surface area contributed by atoms with Crippen LogP contribution in [-0.2, 0) is 9.84 Å². The standard InChI is InChI=1S/C12H13N3O4S/c16-12(17)9-4-1-5-10-11(9)15(14-13-10)8-3-2-6-20(18,19)7-8/h1,4-5,8H,2-3,6-7H2,(H,16,17). The Kier molecular flexibility index (Phi) is 2.97. The van der Waals surface area contributed by atoms with Crippen LogP contribution >= 0.6 is 0 Å². The van der Waals surface area contributed by atoms with Crippen LogP contribution in [0.25, 0.3) is 11.0 Å². The highest BCUT2D eigenvalue weighted by atomic mass is 32.2. The van der Waals surface area contributed by atoms with Gasteiger partial charge in [-0.05, 0) is 25.0 Å². The van der Waals surface area contributed by atoms with Crippen molar-refractivity contribution in [3.8, 4) is 0 Å². The number of carboxylic acids is 1. The van der Waals surface area contributed by atoms with Crippen molar-refractivity contribution in [2.24, 2.45) is 0 Å². The summed E-state index contributed by atoms with van der Waals surface area (Å²) in [6, 6.07) is 4.40. The fraction of sp³-hybridized carbons (Fsp3) is 0.417. The predicted molar refractivity (Wildman–Crippen MR) is 71.4 cm³/mol. The first-order valence-corrected chi connectivity index (χ1v) is 8.08. The van der Waals surface area contributed by atoms with Gasteiger partial charge in [-0.1, -0.05) is 11.3 Å². The van der Waals surface area contributed by atoms with Crippen LogP contribution in [0.5, 0.6) is 0 Å². The van der Waals surface area contributed by atoms with Crippen molar-refractivity contribution in [2.75, 3.05) is 11.5 Å². The molecule has 3 rings (SSSR count). The van der Waals surface area contributed by atoms with Gasteiger partial charge in [-0.3, -0.25) is 0 Å². The Labute approximate surface area is 115 Å². The third kappa shape index (κ3) is 2.15. The van der Waals surface area contributed by atoms with E-state index < -0.39 is 15.8 Å². The molecule has 1 saturated heterocycles. The number of hydrogen-bond acceptors (Lipinski definition) is 5. The molecular weight excluding hydrogens is 282 g/mol. The molecule has 1 aromatic carbocycles. The van der Waals surface area contributed by atoms with E-state index in [2.05, 4.69) is 10.3 Å². The van der Waals surface area contributed by atoms with Crippen LogP contribution in [0.1, 0.15) is 29.2 Å². The van der Waals surface area contributed by atoms with E-state index in [1.165, 1.54) is 10.7 Å². The van der Waals surface area contributed by atoms with Crippen LogP contribution in [0, 0.1) is 0 Å². The Bertz CT molecular complexity index is 781.